The molecule has 0 aromatic heterocycles. The monoisotopic (exact) mass is 305 g/mol. The number of ketones is 1. The Labute approximate surface area is 133 Å². The van der Waals surface area contributed by atoms with Crippen molar-refractivity contribution in [3.8, 4) is 11.5 Å². The van der Waals surface area contributed by atoms with Gasteiger partial charge in [0.05, 0.1) is 12.2 Å². The molecule has 122 valence electrons. The summed E-state index contributed by atoms with van der Waals surface area (Å²) in [5, 5.41) is 9.74. The number of phenols is 1. The number of aromatic hydroxyl groups is 1. The highest BCUT2D eigenvalue weighted by Crippen LogP contribution is 2.24. The van der Waals surface area contributed by atoms with Crippen LogP contribution in [0.3, 0.4) is 0 Å². The fourth-order valence-electron chi connectivity index (χ4n) is 2.89. The lowest BCUT2D eigenvalue weighted by molar-refractivity contribution is 0.101. The van der Waals surface area contributed by atoms with Gasteiger partial charge in [-0.1, -0.05) is 6.42 Å². The highest BCUT2D eigenvalue weighted by atomic mass is 16.5. The van der Waals surface area contributed by atoms with Gasteiger partial charge in [0, 0.05) is 6.07 Å². The van der Waals surface area contributed by atoms with E-state index < -0.39 is 0 Å². The standard InChI is InChI=1S/C18H27NO3/c1-15(20)17-9-8-16(14-18(17)21)22-13-7-3-6-12-19-10-4-2-5-11-19/h8-9,14,21H,2-7,10-13H2,1H3. The largest absolute Gasteiger partial charge is 0.507 e. The lowest BCUT2D eigenvalue weighted by Gasteiger charge is -2.26. The molecule has 22 heavy (non-hydrogen) atoms. The number of nitrogens with zero attached hydrogens (tertiary/aromatic N) is 1. The minimum absolute atomic E-state index is 0.00454. The first-order valence-corrected chi connectivity index (χ1v) is 8.36. The number of hydrogen-bond acceptors (Lipinski definition) is 4. The van der Waals surface area contributed by atoms with Crippen molar-refractivity contribution in [1.82, 2.24) is 4.90 Å². The average Bonchev–Trinajstić information content (AvgIpc) is 2.51. The van der Waals surface area contributed by atoms with Crippen LogP contribution in [-0.2, 0) is 0 Å². The molecular weight excluding hydrogens is 278 g/mol. The first-order valence-electron chi connectivity index (χ1n) is 8.36. The third-order valence-corrected chi connectivity index (χ3v) is 4.18. The molecule has 0 amide bonds. The molecule has 1 aliphatic heterocycles. The lowest BCUT2D eigenvalue weighted by atomic mass is 10.1. The lowest BCUT2D eigenvalue weighted by Crippen LogP contribution is -2.30. The van der Waals surface area contributed by atoms with Gasteiger partial charge in [-0.3, -0.25) is 4.79 Å². The zero-order valence-electron chi connectivity index (χ0n) is 13.5. The maximum absolute atomic E-state index is 11.2. The van der Waals surface area contributed by atoms with Gasteiger partial charge in [-0.2, -0.15) is 0 Å². The van der Waals surface area contributed by atoms with Gasteiger partial charge >= 0.3 is 0 Å². The molecule has 0 aliphatic carbocycles. The summed E-state index contributed by atoms with van der Waals surface area (Å²) >= 11 is 0. The van der Waals surface area contributed by atoms with E-state index in [2.05, 4.69) is 4.90 Å². The number of phenolic OH excluding ortho intramolecular Hbond substituents is 1. The van der Waals surface area contributed by atoms with E-state index in [4.69, 9.17) is 4.74 Å². The Morgan fingerprint density at radius 3 is 2.64 bits per heavy atom. The van der Waals surface area contributed by atoms with E-state index in [0.29, 0.717) is 17.9 Å². The van der Waals surface area contributed by atoms with E-state index in [1.165, 1.54) is 58.3 Å². The van der Waals surface area contributed by atoms with Crippen molar-refractivity contribution in [3.05, 3.63) is 23.8 Å². The van der Waals surface area contributed by atoms with Crippen LogP contribution in [0.4, 0.5) is 0 Å². The Morgan fingerprint density at radius 1 is 1.18 bits per heavy atom. The minimum atomic E-state index is -0.137. The summed E-state index contributed by atoms with van der Waals surface area (Å²) in [6.07, 6.45) is 7.49. The number of hydrogen-bond donors (Lipinski definition) is 1. The van der Waals surface area contributed by atoms with E-state index in [1.54, 1.807) is 12.1 Å². The Balaban J connectivity index is 1.60. The smallest absolute Gasteiger partial charge is 0.163 e. The summed E-state index contributed by atoms with van der Waals surface area (Å²) < 4.78 is 5.63. The van der Waals surface area contributed by atoms with E-state index >= 15 is 0 Å². The maximum Gasteiger partial charge on any atom is 0.163 e. The summed E-state index contributed by atoms with van der Waals surface area (Å²) in [6.45, 7) is 5.82. The average molecular weight is 305 g/mol. The van der Waals surface area contributed by atoms with Crippen molar-refractivity contribution < 1.29 is 14.6 Å². The molecule has 0 radical (unpaired) electrons. The molecule has 1 saturated heterocycles. The summed E-state index contributed by atoms with van der Waals surface area (Å²) in [5.74, 6) is 0.482. The number of carbonyl (C=O) groups excluding carboxylic acids is 1. The molecule has 0 bridgehead atoms. The van der Waals surface area contributed by atoms with Crippen LogP contribution < -0.4 is 4.74 Å². The van der Waals surface area contributed by atoms with Gasteiger partial charge in [-0.15, -0.1) is 0 Å². The number of carbonyl (C=O) groups is 1. The Hall–Kier alpha value is -1.55. The number of rotatable bonds is 8. The van der Waals surface area contributed by atoms with Crippen LogP contribution in [0.5, 0.6) is 11.5 Å². The fraction of sp³-hybridized carbons (Fsp3) is 0.611. The van der Waals surface area contributed by atoms with Gasteiger partial charge < -0.3 is 14.7 Å². The molecule has 0 unspecified atom stereocenters. The SMILES string of the molecule is CC(=O)c1ccc(OCCCCCN2CCCCC2)cc1O. The summed E-state index contributed by atoms with van der Waals surface area (Å²) in [7, 11) is 0. The molecule has 1 aromatic carbocycles. The minimum Gasteiger partial charge on any atom is -0.507 e. The van der Waals surface area contributed by atoms with Crippen LogP contribution in [0.1, 0.15) is 55.8 Å². The second-order valence-corrected chi connectivity index (χ2v) is 6.05. The first-order chi connectivity index (χ1) is 10.7. The molecule has 0 spiro atoms. The number of unbranched alkanes of at least 4 members (excludes halogenated alkanes) is 2. The van der Waals surface area contributed by atoms with Gasteiger partial charge in [0.25, 0.3) is 0 Å². The Morgan fingerprint density at radius 2 is 1.95 bits per heavy atom. The van der Waals surface area contributed by atoms with Crippen LogP contribution in [0.2, 0.25) is 0 Å². The third kappa shape index (κ3) is 5.34. The van der Waals surface area contributed by atoms with Gasteiger partial charge in [0.2, 0.25) is 0 Å². The molecule has 1 N–H and O–H groups in total. The molecular formula is C18H27NO3. The zero-order chi connectivity index (χ0) is 15.8. The quantitative estimate of drug-likeness (QED) is 0.588. The van der Waals surface area contributed by atoms with Gasteiger partial charge in [0.15, 0.2) is 5.78 Å². The van der Waals surface area contributed by atoms with E-state index in [-0.39, 0.29) is 11.5 Å². The third-order valence-electron chi connectivity index (χ3n) is 4.18. The van der Waals surface area contributed by atoms with Crippen molar-refractivity contribution in [2.75, 3.05) is 26.2 Å². The van der Waals surface area contributed by atoms with E-state index in [1.807, 2.05) is 0 Å². The molecule has 4 nitrogen and oxygen atoms in total. The number of likely N-dealkylation sites (tertiary alicyclic amines) is 1. The van der Waals surface area contributed by atoms with Crippen LogP contribution in [0.15, 0.2) is 18.2 Å². The summed E-state index contributed by atoms with van der Waals surface area (Å²) in [6, 6.07) is 4.87. The predicted molar refractivity (Wildman–Crippen MR) is 87.7 cm³/mol. The number of piperidine rings is 1. The second kappa shape index (κ2) is 8.79. The summed E-state index contributed by atoms with van der Waals surface area (Å²) in [4.78, 5) is 13.8. The molecule has 1 fully saturated rings. The van der Waals surface area contributed by atoms with Crippen molar-refractivity contribution in [2.45, 2.75) is 45.4 Å². The van der Waals surface area contributed by atoms with Gasteiger partial charge in [0.1, 0.15) is 11.5 Å². The predicted octanol–water partition coefficient (Wildman–Crippen LogP) is 3.63. The molecule has 4 heteroatoms. The van der Waals surface area contributed by atoms with E-state index in [0.717, 1.165) is 12.8 Å². The topological polar surface area (TPSA) is 49.8 Å². The molecule has 0 atom stereocenters. The maximum atomic E-state index is 11.2. The van der Waals surface area contributed by atoms with Gasteiger partial charge in [-0.05, 0) is 70.8 Å². The highest BCUT2D eigenvalue weighted by molar-refractivity contribution is 5.96. The number of Topliss-reactive ketones (excluding diaryl/α,β-unsaturated/α-hetero) is 1. The summed E-state index contributed by atoms with van der Waals surface area (Å²) in [5.41, 5.74) is 0.342. The number of benzene rings is 1. The molecule has 1 heterocycles. The molecule has 1 aliphatic rings. The Kier molecular flexibility index (Phi) is 6.72. The zero-order valence-corrected chi connectivity index (χ0v) is 13.5. The van der Waals surface area contributed by atoms with Crippen LogP contribution >= 0.6 is 0 Å². The normalized spacial score (nSPS) is 15.7. The van der Waals surface area contributed by atoms with Crippen molar-refractivity contribution in [3.63, 3.8) is 0 Å². The molecule has 1 aromatic rings. The number of ether oxygens (including phenoxy) is 1. The van der Waals surface area contributed by atoms with Crippen molar-refractivity contribution >= 4 is 5.78 Å². The van der Waals surface area contributed by atoms with Crippen LogP contribution in [0.25, 0.3) is 0 Å². The first kappa shape index (κ1) is 16.8. The van der Waals surface area contributed by atoms with Crippen molar-refractivity contribution in [2.24, 2.45) is 0 Å². The van der Waals surface area contributed by atoms with Crippen LogP contribution in [-0.4, -0.2) is 42.0 Å². The second-order valence-electron chi connectivity index (χ2n) is 6.05. The van der Waals surface area contributed by atoms with Crippen LogP contribution in [0, 0.1) is 0 Å². The molecule has 0 saturated carbocycles. The van der Waals surface area contributed by atoms with Crippen molar-refractivity contribution in [1.29, 1.82) is 0 Å². The fourth-order valence-corrected chi connectivity index (χ4v) is 2.89. The highest BCUT2D eigenvalue weighted by Gasteiger charge is 2.09. The van der Waals surface area contributed by atoms with E-state index in [9.17, 15) is 9.90 Å². The Bertz CT molecular complexity index is 481. The molecule has 2 rings (SSSR count). The van der Waals surface area contributed by atoms with Gasteiger partial charge in [-0.25, -0.2) is 0 Å².